The standard InChI is InChI=1S/C22H27N5O2S2/c1-14-6-7-18(17(12-14)19(28)15-4-2-3-5-15)26-20(29)27-22-25-16(13-31-22)8-11-30-21-23-9-10-24-21/h6-7,12-13,15H,2-5,8-11H2,1H3,(H,23,24)(H2,25,26,27,29). The third-order valence-electron chi connectivity index (χ3n) is 5.43. The summed E-state index contributed by atoms with van der Waals surface area (Å²) in [5.74, 6) is 1.08. The van der Waals surface area contributed by atoms with Crippen molar-refractivity contribution in [3.63, 3.8) is 0 Å². The van der Waals surface area contributed by atoms with Crippen molar-refractivity contribution < 1.29 is 9.59 Å². The summed E-state index contributed by atoms with van der Waals surface area (Å²) in [4.78, 5) is 34.4. The van der Waals surface area contributed by atoms with Gasteiger partial charge >= 0.3 is 6.03 Å². The van der Waals surface area contributed by atoms with Gasteiger partial charge in [-0.25, -0.2) is 9.78 Å². The monoisotopic (exact) mass is 457 g/mol. The van der Waals surface area contributed by atoms with Crippen molar-refractivity contribution in [1.29, 1.82) is 0 Å². The molecule has 1 aromatic carbocycles. The van der Waals surface area contributed by atoms with E-state index in [9.17, 15) is 9.59 Å². The van der Waals surface area contributed by atoms with E-state index in [4.69, 9.17) is 0 Å². The van der Waals surface area contributed by atoms with Crippen molar-refractivity contribution in [3.8, 4) is 0 Å². The van der Waals surface area contributed by atoms with E-state index in [0.29, 0.717) is 16.4 Å². The molecule has 9 heteroatoms. The first kappa shape index (κ1) is 21.8. The highest BCUT2D eigenvalue weighted by Gasteiger charge is 2.26. The van der Waals surface area contributed by atoms with Crippen molar-refractivity contribution in [2.45, 2.75) is 39.0 Å². The van der Waals surface area contributed by atoms with Gasteiger partial charge in [-0.15, -0.1) is 11.3 Å². The molecule has 2 amide bonds. The fourth-order valence-corrected chi connectivity index (χ4v) is 5.46. The summed E-state index contributed by atoms with van der Waals surface area (Å²) >= 11 is 3.09. The minimum atomic E-state index is -0.385. The number of hydrogen-bond acceptors (Lipinski definition) is 7. The number of anilines is 2. The molecule has 4 rings (SSSR count). The number of aromatic nitrogens is 1. The topological polar surface area (TPSA) is 95.5 Å². The lowest BCUT2D eigenvalue weighted by atomic mass is 9.94. The van der Waals surface area contributed by atoms with Crippen LogP contribution in [0.3, 0.4) is 0 Å². The predicted octanol–water partition coefficient (Wildman–Crippen LogP) is 4.70. The van der Waals surface area contributed by atoms with Crippen molar-refractivity contribution in [3.05, 3.63) is 40.4 Å². The van der Waals surface area contributed by atoms with Crippen LogP contribution in [0.1, 0.15) is 47.3 Å². The summed E-state index contributed by atoms with van der Waals surface area (Å²) in [6.07, 6.45) is 4.87. The molecule has 0 atom stereocenters. The van der Waals surface area contributed by atoms with Crippen LogP contribution in [0.2, 0.25) is 0 Å². The summed E-state index contributed by atoms with van der Waals surface area (Å²) in [6, 6.07) is 5.20. The van der Waals surface area contributed by atoms with E-state index in [-0.39, 0.29) is 17.7 Å². The molecule has 0 saturated heterocycles. The fourth-order valence-electron chi connectivity index (χ4n) is 3.83. The molecular formula is C22H27N5O2S2. The molecule has 2 heterocycles. The molecule has 0 unspecified atom stereocenters. The number of thiazole rings is 1. The number of carbonyl (C=O) groups excluding carboxylic acids is 2. The smallest absolute Gasteiger partial charge is 0.325 e. The third kappa shape index (κ3) is 5.86. The van der Waals surface area contributed by atoms with Crippen molar-refractivity contribution in [2.75, 3.05) is 29.5 Å². The highest BCUT2D eigenvalue weighted by Crippen LogP contribution is 2.31. The maximum absolute atomic E-state index is 13.0. The van der Waals surface area contributed by atoms with Crippen LogP contribution in [0.5, 0.6) is 0 Å². The second-order valence-corrected chi connectivity index (χ2v) is 9.77. The number of Topliss-reactive ketones (excluding diaryl/α,β-unsaturated/α-hetero) is 1. The lowest BCUT2D eigenvalue weighted by molar-refractivity contribution is 0.0923. The molecule has 2 aromatic rings. The number of carbonyl (C=O) groups is 2. The van der Waals surface area contributed by atoms with Gasteiger partial charge in [0.1, 0.15) is 0 Å². The van der Waals surface area contributed by atoms with Gasteiger partial charge in [0.25, 0.3) is 0 Å². The third-order valence-corrected chi connectivity index (χ3v) is 7.19. The molecule has 31 heavy (non-hydrogen) atoms. The Balaban J connectivity index is 1.33. The quantitative estimate of drug-likeness (QED) is 0.524. The Bertz CT molecular complexity index is 982. The van der Waals surface area contributed by atoms with Crippen LogP contribution in [0.4, 0.5) is 15.6 Å². The normalized spacial score (nSPS) is 16.1. The van der Waals surface area contributed by atoms with Crippen LogP contribution in [-0.2, 0) is 6.42 Å². The first-order chi connectivity index (χ1) is 15.1. The molecule has 7 nitrogen and oxygen atoms in total. The molecule has 1 aromatic heterocycles. The van der Waals surface area contributed by atoms with E-state index in [0.717, 1.165) is 67.4 Å². The zero-order chi connectivity index (χ0) is 21.6. The Morgan fingerprint density at radius 3 is 2.87 bits per heavy atom. The number of aliphatic imine (C=N–C) groups is 1. The average Bonchev–Trinajstić information content (AvgIpc) is 3.52. The second kappa shape index (κ2) is 10.3. The molecule has 0 bridgehead atoms. The predicted molar refractivity (Wildman–Crippen MR) is 129 cm³/mol. The molecule has 1 fully saturated rings. The number of amidine groups is 1. The molecule has 0 spiro atoms. The zero-order valence-corrected chi connectivity index (χ0v) is 19.2. The molecule has 0 radical (unpaired) electrons. The van der Waals surface area contributed by atoms with Crippen LogP contribution in [0.25, 0.3) is 0 Å². The van der Waals surface area contributed by atoms with Crippen LogP contribution >= 0.6 is 23.1 Å². The number of aryl methyl sites for hydroxylation is 2. The lowest BCUT2D eigenvalue weighted by Crippen LogP contribution is -2.22. The summed E-state index contributed by atoms with van der Waals surface area (Å²) in [6.45, 7) is 3.72. The Kier molecular flexibility index (Phi) is 7.24. The highest BCUT2D eigenvalue weighted by molar-refractivity contribution is 8.13. The van der Waals surface area contributed by atoms with Crippen molar-refractivity contribution >= 4 is 50.9 Å². The summed E-state index contributed by atoms with van der Waals surface area (Å²) in [7, 11) is 0. The van der Waals surface area contributed by atoms with Crippen LogP contribution in [0.15, 0.2) is 28.6 Å². The van der Waals surface area contributed by atoms with Gasteiger partial charge < -0.3 is 10.6 Å². The molecule has 3 N–H and O–H groups in total. The zero-order valence-electron chi connectivity index (χ0n) is 17.6. The Morgan fingerprint density at radius 1 is 1.26 bits per heavy atom. The number of nitrogens with one attached hydrogen (secondary N) is 3. The second-order valence-electron chi connectivity index (χ2n) is 7.83. The average molecular weight is 458 g/mol. The maximum atomic E-state index is 13.0. The van der Waals surface area contributed by atoms with Crippen molar-refractivity contribution in [1.82, 2.24) is 10.3 Å². The van der Waals surface area contributed by atoms with Gasteiger partial charge in [-0.05, 0) is 31.9 Å². The van der Waals surface area contributed by atoms with Gasteiger partial charge in [0.05, 0.1) is 17.9 Å². The van der Waals surface area contributed by atoms with E-state index in [1.54, 1.807) is 17.8 Å². The molecule has 2 aliphatic rings. The van der Waals surface area contributed by atoms with Gasteiger partial charge in [0.2, 0.25) is 0 Å². The number of thioether (sulfide) groups is 1. The number of ketones is 1. The van der Waals surface area contributed by atoms with Crippen LogP contribution < -0.4 is 16.0 Å². The van der Waals surface area contributed by atoms with E-state index >= 15 is 0 Å². The highest BCUT2D eigenvalue weighted by atomic mass is 32.2. The lowest BCUT2D eigenvalue weighted by Gasteiger charge is -2.14. The SMILES string of the molecule is Cc1ccc(NC(=O)Nc2nc(CCSC3=NCCN3)cs2)c(C(=O)C2CCCC2)c1. The van der Waals surface area contributed by atoms with Crippen molar-refractivity contribution in [2.24, 2.45) is 10.9 Å². The number of urea groups is 1. The largest absolute Gasteiger partial charge is 0.363 e. The minimum Gasteiger partial charge on any atom is -0.363 e. The Morgan fingerprint density at radius 2 is 2.10 bits per heavy atom. The maximum Gasteiger partial charge on any atom is 0.325 e. The van der Waals surface area contributed by atoms with Gasteiger partial charge in [0.15, 0.2) is 16.1 Å². The van der Waals surface area contributed by atoms with E-state index in [1.807, 2.05) is 24.4 Å². The molecule has 1 aliphatic heterocycles. The summed E-state index contributed by atoms with van der Waals surface area (Å²) < 4.78 is 0. The Labute approximate surface area is 190 Å². The van der Waals surface area contributed by atoms with E-state index < -0.39 is 0 Å². The number of rotatable bonds is 7. The number of amides is 2. The number of nitrogens with zero attached hydrogens (tertiary/aromatic N) is 2. The number of hydrogen-bond donors (Lipinski definition) is 3. The molecule has 1 saturated carbocycles. The van der Waals surface area contributed by atoms with E-state index in [1.165, 1.54) is 11.3 Å². The van der Waals surface area contributed by atoms with Crippen LogP contribution in [-0.4, -0.2) is 40.8 Å². The van der Waals surface area contributed by atoms with Crippen LogP contribution in [0, 0.1) is 12.8 Å². The van der Waals surface area contributed by atoms with E-state index in [2.05, 4.69) is 25.9 Å². The molecular weight excluding hydrogens is 430 g/mol. The first-order valence-corrected chi connectivity index (χ1v) is 12.5. The number of benzene rings is 1. The van der Waals surface area contributed by atoms with Gasteiger partial charge in [-0.1, -0.05) is 36.2 Å². The molecule has 164 valence electrons. The Hall–Kier alpha value is -2.39. The summed E-state index contributed by atoms with van der Waals surface area (Å²) in [5.41, 5.74) is 3.10. The minimum absolute atomic E-state index is 0.0650. The first-order valence-electron chi connectivity index (χ1n) is 10.7. The molecule has 1 aliphatic carbocycles. The summed E-state index contributed by atoms with van der Waals surface area (Å²) in [5, 5.41) is 12.4. The van der Waals surface area contributed by atoms with Gasteiger partial charge in [-0.3, -0.25) is 15.1 Å². The fraction of sp³-hybridized carbons (Fsp3) is 0.455. The van der Waals surface area contributed by atoms with Gasteiger partial charge in [-0.2, -0.15) is 0 Å². The van der Waals surface area contributed by atoms with Gasteiger partial charge in [0, 0.05) is 35.6 Å².